The standard InChI is InChI=1S/C21H16FN3O3/c1-27-16-5-4-13-7-20(25-19(13)11-16)21(26)24-15-8-14(22)9-18(10-15)28-17-3-2-6-23-12-17/h2-12,25H,1H3,(H,24,26). The van der Waals surface area contributed by atoms with Gasteiger partial charge in [0.1, 0.15) is 28.8 Å². The summed E-state index contributed by atoms with van der Waals surface area (Å²) in [6.07, 6.45) is 3.13. The molecule has 6 nitrogen and oxygen atoms in total. The normalized spacial score (nSPS) is 10.6. The van der Waals surface area contributed by atoms with Crippen molar-refractivity contribution >= 4 is 22.5 Å². The Hall–Kier alpha value is -3.87. The average Bonchev–Trinajstić information content (AvgIpc) is 3.11. The lowest BCUT2D eigenvalue weighted by atomic mass is 10.2. The predicted molar refractivity (Wildman–Crippen MR) is 104 cm³/mol. The first-order valence-corrected chi connectivity index (χ1v) is 8.47. The molecule has 0 bridgehead atoms. The molecule has 2 heterocycles. The van der Waals surface area contributed by atoms with Crippen molar-refractivity contribution < 1.29 is 18.7 Å². The number of halogens is 1. The number of fused-ring (bicyclic) bond motifs is 1. The fourth-order valence-corrected chi connectivity index (χ4v) is 2.79. The molecule has 0 spiro atoms. The Morgan fingerprint density at radius 3 is 2.75 bits per heavy atom. The molecular weight excluding hydrogens is 361 g/mol. The Labute approximate surface area is 159 Å². The number of benzene rings is 2. The Morgan fingerprint density at radius 1 is 1.07 bits per heavy atom. The van der Waals surface area contributed by atoms with Crippen molar-refractivity contribution in [2.24, 2.45) is 0 Å². The van der Waals surface area contributed by atoms with E-state index in [4.69, 9.17) is 9.47 Å². The highest BCUT2D eigenvalue weighted by atomic mass is 19.1. The number of H-pyrrole nitrogens is 1. The van der Waals surface area contributed by atoms with Crippen LogP contribution in [0.1, 0.15) is 10.5 Å². The lowest BCUT2D eigenvalue weighted by Crippen LogP contribution is -2.12. The number of pyridine rings is 1. The molecule has 2 aromatic heterocycles. The van der Waals surface area contributed by atoms with Gasteiger partial charge in [0.25, 0.3) is 5.91 Å². The number of anilines is 1. The van der Waals surface area contributed by atoms with Crippen molar-refractivity contribution in [1.82, 2.24) is 9.97 Å². The zero-order valence-corrected chi connectivity index (χ0v) is 14.9. The molecule has 28 heavy (non-hydrogen) atoms. The molecule has 4 aromatic rings. The molecule has 0 unspecified atom stereocenters. The van der Waals surface area contributed by atoms with Crippen molar-refractivity contribution in [3.63, 3.8) is 0 Å². The van der Waals surface area contributed by atoms with Crippen LogP contribution in [0, 0.1) is 5.82 Å². The molecule has 0 radical (unpaired) electrons. The van der Waals surface area contributed by atoms with E-state index in [0.717, 1.165) is 10.9 Å². The van der Waals surface area contributed by atoms with Gasteiger partial charge in [0.15, 0.2) is 0 Å². The van der Waals surface area contributed by atoms with Crippen LogP contribution in [0.4, 0.5) is 10.1 Å². The molecule has 140 valence electrons. The number of rotatable bonds is 5. The summed E-state index contributed by atoms with van der Waals surface area (Å²) in [6, 6.07) is 14.6. The maximum Gasteiger partial charge on any atom is 0.272 e. The predicted octanol–water partition coefficient (Wildman–Crippen LogP) is 4.76. The number of amides is 1. The van der Waals surface area contributed by atoms with E-state index < -0.39 is 11.7 Å². The summed E-state index contributed by atoms with van der Waals surface area (Å²) in [5.74, 6) is 0.481. The summed E-state index contributed by atoms with van der Waals surface area (Å²) in [5.41, 5.74) is 1.40. The van der Waals surface area contributed by atoms with E-state index in [1.54, 1.807) is 43.6 Å². The van der Waals surface area contributed by atoms with Gasteiger partial charge in [-0.2, -0.15) is 0 Å². The molecular formula is C21H16FN3O3. The topological polar surface area (TPSA) is 76.2 Å². The second-order valence-corrected chi connectivity index (χ2v) is 6.06. The highest BCUT2D eigenvalue weighted by Gasteiger charge is 2.12. The minimum Gasteiger partial charge on any atom is -0.497 e. The summed E-state index contributed by atoms with van der Waals surface area (Å²) in [5, 5.41) is 3.54. The molecule has 0 fully saturated rings. The number of nitrogens with zero attached hydrogens (tertiary/aromatic N) is 1. The van der Waals surface area contributed by atoms with Crippen LogP contribution in [0.25, 0.3) is 10.9 Å². The fraction of sp³-hybridized carbons (Fsp3) is 0.0476. The van der Waals surface area contributed by atoms with Crippen LogP contribution in [0.5, 0.6) is 17.2 Å². The van der Waals surface area contributed by atoms with Gasteiger partial charge in [0, 0.05) is 41.0 Å². The molecule has 1 amide bonds. The minimum absolute atomic E-state index is 0.254. The number of carbonyl (C=O) groups is 1. The van der Waals surface area contributed by atoms with Crippen LogP contribution in [0.15, 0.2) is 67.0 Å². The van der Waals surface area contributed by atoms with E-state index >= 15 is 0 Å². The van der Waals surface area contributed by atoms with Gasteiger partial charge in [0.2, 0.25) is 0 Å². The van der Waals surface area contributed by atoms with Gasteiger partial charge in [-0.3, -0.25) is 9.78 Å². The molecule has 7 heteroatoms. The zero-order chi connectivity index (χ0) is 19.5. The molecule has 0 atom stereocenters. The summed E-state index contributed by atoms with van der Waals surface area (Å²) >= 11 is 0. The van der Waals surface area contributed by atoms with E-state index in [2.05, 4.69) is 15.3 Å². The Balaban J connectivity index is 1.55. The summed E-state index contributed by atoms with van der Waals surface area (Å²) in [4.78, 5) is 19.6. The Kier molecular flexibility index (Phi) is 4.63. The first-order valence-electron chi connectivity index (χ1n) is 8.47. The van der Waals surface area contributed by atoms with Crippen LogP contribution in [-0.2, 0) is 0 Å². The third-order valence-electron chi connectivity index (χ3n) is 4.07. The van der Waals surface area contributed by atoms with Gasteiger partial charge in [-0.25, -0.2) is 4.39 Å². The fourth-order valence-electron chi connectivity index (χ4n) is 2.79. The third kappa shape index (κ3) is 3.78. The number of aromatic nitrogens is 2. The largest absolute Gasteiger partial charge is 0.497 e. The van der Waals surface area contributed by atoms with Crippen molar-refractivity contribution in [3.05, 3.63) is 78.5 Å². The van der Waals surface area contributed by atoms with E-state index in [-0.39, 0.29) is 11.4 Å². The van der Waals surface area contributed by atoms with Gasteiger partial charge < -0.3 is 19.8 Å². The van der Waals surface area contributed by atoms with Crippen LogP contribution >= 0.6 is 0 Å². The second-order valence-electron chi connectivity index (χ2n) is 6.06. The van der Waals surface area contributed by atoms with Crippen LogP contribution in [0.2, 0.25) is 0 Å². The number of aromatic amines is 1. The molecule has 0 saturated carbocycles. The molecule has 4 rings (SSSR count). The van der Waals surface area contributed by atoms with Crippen LogP contribution in [0.3, 0.4) is 0 Å². The quantitative estimate of drug-likeness (QED) is 0.526. The summed E-state index contributed by atoms with van der Waals surface area (Å²) in [7, 11) is 1.58. The number of nitrogens with one attached hydrogen (secondary N) is 2. The number of hydrogen-bond acceptors (Lipinski definition) is 4. The van der Waals surface area contributed by atoms with E-state index in [0.29, 0.717) is 17.2 Å². The number of methoxy groups -OCH3 is 1. The molecule has 2 N–H and O–H groups in total. The van der Waals surface area contributed by atoms with Crippen LogP contribution < -0.4 is 14.8 Å². The van der Waals surface area contributed by atoms with Crippen molar-refractivity contribution in [2.45, 2.75) is 0 Å². The zero-order valence-electron chi connectivity index (χ0n) is 14.9. The van der Waals surface area contributed by atoms with Crippen LogP contribution in [-0.4, -0.2) is 23.0 Å². The maximum absolute atomic E-state index is 14.0. The average molecular weight is 377 g/mol. The van der Waals surface area contributed by atoms with Gasteiger partial charge in [-0.1, -0.05) is 0 Å². The lowest BCUT2D eigenvalue weighted by molar-refractivity contribution is 0.102. The molecule has 2 aromatic carbocycles. The van der Waals surface area contributed by atoms with Crippen molar-refractivity contribution in [3.8, 4) is 17.2 Å². The molecule has 0 aliphatic heterocycles. The Bertz CT molecular complexity index is 1140. The molecule has 0 aliphatic rings. The minimum atomic E-state index is -0.530. The van der Waals surface area contributed by atoms with E-state index in [1.165, 1.54) is 18.3 Å². The first-order chi connectivity index (χ1) is 13.6. The van der Waals surface area contributed by atoms with E-state index in [9.17, 15) is 9.18 Å². The lowest BCUT2D eigenvalue weighted by Gasteiger charge is -2.09. The highest BCUT2D eigenvalue weighted by Crippen LogP contribution is 2.26. The third-order valence-corrected chi connectivity index (χ3v) is 4.07. The monoisotopic (exact) mass is 377 g/mol. The van der Waals surface area contributed by atoms with Gasteiger partial charge in [0.05, 0.1) is 13.3 Å². The van der Waals surface area contributed by atoms with Crippen molar-refractivity contribution in [2.75, 3.05) is 12.4 Å². The highest BCUT2D eigenvalue weighted by molar-refractivity contribution is 6.06. The number of hydrogen-bond donors (Lipinski definition) is 2. The SMILES string of the molecule is COc1ccc2cc(C(=O)Nc3cc(F)cc(Oc4cccnc4)c3)[nH]c2c1. The second kappa shape index (κ2) is 7.40. The molecule has 0 aliphatic carbocycles. The summed E-state index contributed by atoms with van der Waals surface area (Å²) in [6.45, 7) is 0. The number of ether oxygens (including phenoxy) is 2. The Morgan fingerprint density at radius 2 is 1.96 bits per heavy atom. The van der Waals surface area contributed by atoms with Gasteiger partial charge >= 0.3 is 0 Å². The molecule has 0 saturated heterocycles. The maximum atomic E-state index is 14.0. The summed E-state index contributed by atoms with van der Waals surface area (Å²) < 4.78 is 24.7. The number of carbonyl (C=O) groups excluding carboxylic acids is 1. The van der Waals surface area contributed by atoms with Crippen molar-refractivity contribution in [1.29, 1.82) is 0 Å². The first kappa shape index (κ1) is 17.5. The smallest absolute Gasteiger partial charge is 0.272 e. The van der Waals surface area contributed by atoms with Gasteiger partial charge in [-0.15, -0.1) is 0 Å². The van der Waals surface area contributed by atoms with Gasteiger partial charge in [-0.05, 0) is 36.4 Å². The van der Waals surface area contributed by atoms with E-state index in [1.807, 2.05) is 12.1 Å².